The van der Waals surface area contributed by atoms with E-state index in [1.54, 1.807) is 0 Å². The van der Waals surface area contributed by atoms with Crippen molar-refractivity contribution < 1.29 is 42.1 Å². The minimum Gasteiger partial charge on any atom is -0.462 e. The lowest BCUT2D eigenvalue weighted by Crippen LogP contribution is -2.37. The summed E-state index contributed by atoms with van der Waals surface area (Å²) in [7, 11) is 1.46. The van der Waals surface area contributed by atoms with Crippen molar-refractivity contribution in [1.82, 2.24) is 0 Å². The Morgan fingerprint density at radius 1 is 0.500 bits per heavy atom. The normalized spacial score (nSPS) is 14.0. The smallest absolute Gasteiger partial charge is 0.462 e. The average Bonchev–Trinajstić information content (AvgIpc) is 3.25. The summed E-state index contributed by atoms with van der Waals surface area (Å²) in [5, 5.41) is 0. The molecule has 0 aliphatic rings. The first-order chi connectivity index (χ1) is 31.0. The molecule has 1 N–H and O–H groups in total. The Balaban J connectivity index is 4.20. The van der Waals surface area contributed by atoms with E-state index in [2.05, 4.69) is 86.8 Å². The van der Waals surface area contributed by atoms with Crippen LogP contribution in [0, 0.1) is 0 Å². The van der Waals surface area contributed by atoms with Crippen LogP contribution < -0.4 is 0 Å². The summed E-state index contributed by atoms with van der Waals surface area (Å²) in [5.41, 5.74) is 0. The van der Waals surface area contributed by atoms with Gasteiger partial charge < -0.3 is 18.9 Å². The number of hydrogen-bond acceptors (Lipinski definition) is 7. The van der Waals surface area contributed by atoms with Crippen molar-refractivity contribution in [2.75, 3.05) is 47.5 Å². The maximum absolute atomic E-state index is 12.8. The summed E-state index contributed by atoms with van der Waals surface area (Å²) in [5.74, 6) is -0.813. The number of unbranched alkanes of at least 4 members (excludes halogenated alkanes) is 20. The van der Waals surface area contributed by atoms with Gasteiger partial charge in [-0.15, -0.1) is 0 Å². The molecule has 0 spiro atoms. The molecule has 0 saturated heterocycles. The molecule has 0 aromatic heterocycles. The molecule has 9 nitrogen and oxygen atoms in total. The maximum atomic E-state index is 12.8. The second kappa shape index (κ2) is 45.6. The Labute approximate surface area is 393 Å². The van der Waals surface area contributed by atoms with Gasteiger partial charge in [0.25, 0.3) is 0 Å². The first kappa shape index (κ1) is 61.5. The number of rotatable bonds is 46. The summed E-state index contributed by atoms with van der Waals surface area (Å²) >= 11 is 0. The summed E-state index contributed by atoms with van der Waals surface area (Å²) < 4.78 is 34.4. The minimum absolute atomic E-state index is 0.0273. The molecule has 64 heavy (non-hydrogen) atoms. The van der Waals surface area contributed by atoms with Crippen molar-refractivity contribution in [3.63, 3.8) is 0 Å². The van der Waals surface area contributed by atoms with Gasteiger partial charge in [0.1, 0.15) is 19.8 Å². The van der Waals surface area contributed by atoms with Crippen molar-refractivity contribution >= 4 is 19.8 Å². The largest absolute Gasteiger partial charge is 0.472 e. The molecule has 2 atom stereocenters. The third kappa shape index (κ3) is 48.9. The number of phosphoric acid groups is 1. The van der Waals surface area contributed by atoms with Crippen LogP contribution in [0.5, 0.6) is 0 Å². The van der Waals surface area contributed by atoms with Crippen molar-refractivity contribution in [2.24, 2.45) is 0 Å². The van der Waals surface area contributed by atoms with Crippen LogP contribution in [0.1, 0.15) is 206 Å². The van der Waals surface area contributed by atoms with Crippen LogP contribution in [0.4, 0.5) is 0 Å². The quantitative estimate of drug-likeness (QED) is 0.0211. The van der Waals surface area contributed by atoms with Crippen LogP contribution in [0.15, 0.2) is 72.9 Å². The van der Waals surface area contributed by atoms with Gasteiger partial charge in [0.05, 0.1) is 27.7 Å². The van der Waals surface area contributed by atoms with Gasteiger partial charge in [-0.3, -0.25) is 18.6 Å². The van der Waals surface area contributed by atoms with Gasteiger partial charge in [0.2, 0.25) is 0 Å². The summed E-state index contributed by atoms with van der Waals surface area (Å²) in [6.07, 6.45) is 58.1. The van der Waals surface area contributed by atoms with E-state index in [1.165, 1.54) is 77.0 Å². The molecule has 370 valence electrons. The lowest BCUT2D eigenvalue weighted by molar-refractivity contribution is -0.870. The number of esters is 2. The number of hydrogen-bond donors (Lipinski definition) is 1. The zero-order valence-corrected chi connectivity index (χ0v) is 42.6. The van der Waals surface area contributed by atoms with Crippen molar-refractivity contribution in [1.29, 1.82) is 0 Å². The second-order valence-corrected chi connectivity index (χ2v) is 19.6. The predicted octanol–water partition coefficient (Wildman–Crippen LogP) is 15.4. The third-order valence-corrected chi connectivity index (χ3v) is 11.7. The zero-order chi connectivity index (χ0) is 47.1. The minimum atomic E-state index is -4.38. The fourth-order valence-corrected chi connectivity index (χ4v) is 7.48. The molecular weight excluding hydrogens is 822 g/mol. The van der Waals surface area contributed by atoms with E-state index in [9.17, 15) is 19.0 Å². The van der Waals surface area contributed by atoms with E-state index in [0.29, 0.717) is 17.4 Å². The third-order valence-electron chi connectivity index (χ3n) is 10.7. The van der Waals surface area contributed by atoms with Crippen molar-refractivity contribution in [3.8, 4) is 0 Å². The van der Waals surface area contributed by atoms with Crippen molar-refractivity contribution in [2.45, 2.75) is 213 Å². The Morgan fingerprint density at radius 2 is 0.891 bits per heavy atom. The lowest BCUT2D eigenvalue weighted by atomic mass is 10.0. The zero-order valence-electron chi connectivity index (χ0n) is 41.7. The lowest BCUT2D eigenvalue weighted by Gasteiger charge is -2.24. The molecule has 0 saturated carbocycles. The molecule has 0 fully saturated rings. The highest BCUT2D eigenvalue weighted by molar-refractivity contribution is 7.47. The molecule has 0 heterocycles. The molecule has 0 aromatic carbocycles. The number of allylic oxidation sites excluding steroid dienone is 12. The second-order valence-electron chi connectivity index (χ2n) is 18.2. The van der Waals surface area contributed by atoms with E-state index >= 15 is 0 Å². The Hall–Kier alpha value is -2.55. The summed E-state index contributed by atoms with van der Waals surface area (Å²) in [6.45, 7) is 4.28. The highest BCUT2D eigenvalue weighted by Gasteiger charge is 2.27. The number of carbonyl (C=O) groups excluding carboxylic acids is 2. The van der Waals surface area contributed by atoms with Gasteiger partial charge in [-0.25, -0.2) is 4.57 Å². The number of phosphoric ester groups is 1. The van der Waals surface area contributed by atoms with E-state index in [1.807, 2.05) is 21.1 Å². The first-order valence-electron chi connectivity index (χ1n) is 25.7. The van der Waals surface area contributed by atoms with Crippen LogP contribution in [-0.4, -0.2) is 74.9 Å². The molecule has 10 heteroatoms. The topological polar surface area (TPSA) is 108 Å². The van der Waals surface area contributed by atoms with Gasteiger partial charge in [-0.1, -0.05) is 183 Å². The standard InChI is InChI=1S/C54H96NO8P/c1-6-8-10-12-14-16-18-20-21-22-23-24-25-26-27-28-29-30-31-32-33-35-37-39-41-43-45-47-54(57)63-52(51-62-64(58,59)61-49-48-55(3,4)5)50-60-53(56)46-44-42-40-38-36-34-19-17-15-13-11-9-7-2/h8,10,14,16-17,19-21,23-24,26-27,52H,6-7,9,11-13,15,18,22,25,28-51H2,1-5H3/p+1/b10-8-,16-14-,19-17-,21-20-,24-23-,27-26-. The van der Waals surface area contributed by atoms with Crippen LogP contribution in [0.2, 0.25) is 0 Å². The summed E-state index contributed by atoms with van der Waals surface area (Å²) in [4.78, 5) is 35.5. The van der Waals surface area contributed by atoms with Gasteiger partial charge in [-0.05, 0) is 83.5 Å². The Kier molecular flexibility index (Phi) is 43.8. The Morgan fingerprint density at radius 3 is 1.34 bits per heavy atom. The molecule has 0 amide bonds. The van der Waals surface area contributed by atoms with Gasteiger partial charge in [-0.2, -0.15) is 0 Å². The predicted molar refractivity (Wildman–Crippen MR) is 270 cm³/mol. The SMILES string of the molecule is CC/C=C\C/C=C\C/C=C\C/C=C\C/C=C\CCCCCCCCCCCCCC(=O)OC(COC(=O)CCCCCCC/C=C\CCCCCC)COP(=O)(O)OCC[N+](C)(C)C. The van der Waals surface area contributed by atoms with E-state index < -0.39 is 26.5 Å². The van der Waals surface area contributed by atoms with Crippen LogP contribution in [-0.2, 0) is 32.7 Å². The fraction of sp³-hybridized carbons (Fsp3) is 0.741. The molecule has 2 unspecified atom stereocenters. The van der Waals surface area contributed by atoms with E-state index in [-0.39, 0.29) is 32.0 Å². The van der Waals surface area contributed by atoms with Gasteiger partial charge >= 0.3 is 19.8 Å². The number of carbonyl (C=O) groups is 2. The fourth-order valence-electron chi connectivity index (χ4n) is 6.74. The molecule has 0 bridgehead atoms. The molecular formula is C54H97NO8P+. The summed E-state index contributed by atoms with van der Waals surface area (Å²) in [6, 6.07) is 0. The highest BCUT2D eigenvalue weighted by Crippen LogP contribution is 2.43. The molecule has 0 aliphatic heterocycles. The maximum Gasteiger partial charge on any atom is 0.472 e. The first-order valence-corrected chi connectivity index (χ1v) is 27.2. The monoisotopic (exact) mass is 919 g/mol. The van der Waals surface area contributed by atoms with Crippen LogP contribution in [0.25, 0.3) is 0 Å². The van der Waals surface area contributed by atoms with Gasteiger partial charge in [0, 0.05) is 12.8 Å². The van der Waals surface area contributed by atoms with Crippen molar-refractivity contribution in [3.05, 3.63) is 72.9 Å². The number of quaternary nitrogens is 1. The number of nitrogens with zero attached hydrogens (tertiary/aromatic N) is 1. The van der Waals surface area contributed by atoms with Crippen LogP contribution >= 0.6 is 7.82 Å². The average molecular weight is 919 g/mol. The molecule has 0 radical (unpaired) electrons. The number of ether oxygens (including phenoxy) is 2. The number of likely N-dealkylation sites (N-methyl/N-ethyl adjacent to an activating group) is 1. The van der Waals surface area contributed by atoms with E-state index in [0.717, 1.165) is 96.3 Å². The van der Waals surface area contributed by atoms with Crippen LogP contribution in [0.3, 0.4) is 0 Å². The molecule has 0 aromatic rings. The Bertz CT molecular complexity index is 1310. The molecule has 0 aliphatic carbocycles. The van der Waals surface area contributed by atoms with E-state index in [4.69, 9.17) is 18.5 Å². The molecule has 0 rings (SSSR count). The highest BCUT2D eigenvalue weighted by atomic mass is 31.2. The van der Waals surface area contributed by atoms with Gasteiger partial charge in [0.15, 0.2) is 6.10 Å².